The number of thiophene rings is 1. The van der Waals surface area contributed by atoms with Gasteiger partial charge in [-0.05, 0) is 29.6 Å². The molecule has 0 amide bonds. The summed E-state index contributed by atoms with van der Waals surface area (Å²) in [5, 5.41) is 11.7. The molecule has 0 N–H and O–H groups in total. The standard InChI is InChI=1S/C17H11ClN4S2.BrH/c1-21-7-13(12-6-11(18)2-3-15(12)21)16-20-22-8-14(19-17(22)24-16)10-4-5-23-9-10;/h2-9H,1H3;1H. The maximum absolute atomic E-state index is 6.18. The number of hydrogen-bond donors (Lipinski definition) is 0. The average Bonchev–Trinajstić information content (AvgIpc) is 3.28. The number of imidazole rings is 1. The topological polar surface area (TPSA) is 35.1 Å². The number of halogens is 2. The van der Waals surface area contributed by atoms with Crippen LogP contribution < -0.4 is 0 Å². The van der Waals surface area contributed by atoms with Crippen molar-refractivity contribution in [3.05, 3.63) is 52.4 Å². The van der Waals surface area contributed by atoms with Crippen LogP contribution in [-0.2, 0) is 7.05 Å². The van der Waals surface area contributed by atoms with Gasteiger partial charge in [-0.1, -0.05) is 22.9 Å². The van der Waals surface area contributed by atoms with Crippen LogP contribution in [0.15, 0.2) is 47.4 Å². The summed E-state index contributed by atoms with van der Waals surface area (Å²) in [5.41, 5.74) is 4.32. The SMILES string of the molecule is Br.Cn1cc(-c2nn3cc(-c4ccsc4)nc3s2)c2cc(Cl)ccc21. The predicted octanol–water partition coefficient (Wildman–Crippen LogP) is 5.91. The van der Waals surface area contributed by atoms with Crippen molar-refractivity contribution in [3.8, 4) is 21.8 Å². The van der Waals surface area contributed by atoms with Gasteiger partial charge in [0.15, 0.2) is 0 Å². The molecule has 4 aromatic heterocycles. The highest BCUT2D eigenvalue weighted by Crippen LogP contribution is 2.35. The number of rotatable bonds is 2. The molecule has 0 spiro atoms. The molecule has 0 aliphatic rings. The molecule has 0 saturated heterocycles. The molecule has 0 aliphatic heterocycles. The Morgan fingerprint density at radius 3 is 2.80 bits per heavy atom. The van der Waals surface area contributed by atoms with Crippen molar-refractivity contribution >= 4 is 67.1 Å². The van der Waals surface area contributed by atoms with E-state index in [1.165, 1.54) is 0 Å². The van der Waals surface area contributed by atoms with Crippen LogP contribution in [-0.4, -0.2) is 19.2 Å². The minimum Gasteiger partial charge on any atom is -0.350 e. The molecule has 0 bridgehead atoms. The van der Waals surface area contributed by atoms with Crippen molar-refractivity contribution in [3.63, 3.8) is 0 Å². The first-order chi connectivity index (χ1) is 11.7. The van der Waals surface area contributed by atoms with Gasteiger partial charge < -0.3 is 4.57 Å². The fourth-order valence-corrected chi connectivity index (χ4v) is 4.62. The molecule has 126 valence electrons. The Morgan fingerprint density at radius 2 is 2.04 bits per heavy atom. The minimum absolute atomic E-state index is 0. The van der Waals surface area contributed by atoms with Crippen LogP contribution in [0.25, 0.3) is 37.7 Å². The van der Waals surface area contributed by atoms with E-state index in [-0.39, 0.29) is 17.0 Å². The molecule has 0 atom stereocenters. The molecular formula is C17H12BrClN4S2. The lowest BCUT2D eigenvalue weighted by Gasteiger charge is -1.96. The summed E-state index contributed by atoms with van der Waals surface area (Å²) in [5.74, 6) is 0. The summed E-state index contributed by atoms with van der Waals surface area (Å²) in [6.45, 7) is 0. The second-order valence-electron chi connectivity index (χ2n) is 5.59. The van der Waals surface area contributed by atoms with Crippen molar-refractivity contribution in [1.82, 2.24) is 19.2 Å². The molecule has 1 aromatic carbocycles. The quantitative estimate of drug-likeness (QED) is 0.334. The second kappa shape index (κ2) is 6.25. The third-order valence-electron chi connectivity index (χ3n) is 4.04. The molecule has 5 aromatic rings. The molecule has 0 fully saturated rings. The van der Waals surface area contributed by atoms with Crippen LogP contribution in [0.5, 0.6) is 0 Å². The molecule has 25 heavy (non-hydrogen) atoms. The summed E-state index contributed by atoms with van der Waals surface area (Å²) in [7, 11) is 2.03. The van der Waals surface area contributed by atoms with Crippen LogP contribution in [0.1, 0.15) is 0 Å². The number of benzene rings is 1. The van der Waals surface area contributed by atoms with E-state index < -0.39 is 0 Å². The Hall–Kier alpha value is -1.67. The van der Waals surface area contributed by atoms with E-state index in [0.29, 0.717) is 0 Å². The number of nitrogens with zero attached hydrogens (tertiary/aromatic N) is 4. The van der Waals surface area contributed by atoms with Gasteiger partial charge in [0, 0.05) is 45.7 Å². The maximum Gasteiger partial charge on any atom is 0.213 e. The lowest BCUT2D eigenvalue weighted by atomic mass is 10.2. The van der Waals surface area contributed by atoms with Gasteiger partial charge in [0.05, 0.1) is 11.9 Å². The first-order valence-corrected chi connectivity index (χ1v) is 9.46. The van der Waals surface area contributed by atoms with Crippen LogP contribution in [0.4, 0.5) is 0 Å². The van der Waals surface area contributed by atoms with Crippen molar-refractivity contribution < 1.29 is 0 Å². The molecule has 0 unspecified atom stereocenters. The third-order valence-corrected chi connectivity index (χ3v) is 5.92. The van der Waals surface area contributed by atoms with E-state index in [2.05, 4.69) is 27.6 Å². The van der Waals surface area contributed by atoms with Crippen molar-refractivity contribution in [2.24, 2.45) is 7.05 Å². The maximum atomic E-state index is 6.18. The Bertz CT molecular complexity index is 1160. The normalized spacial score (nSPS) is 11.3. The van der Waals surface area contributed by atoms with Crippen LogP contribution in [0, 0.1) is 0 Å². The van der Waals surface area contributed by atoms with Gasteiger partial charge in [-0.2, -0.15) is 16.4 Å². The highest BCUT2D eigenvalue weighted by Gasteiger charge is 2.15. The first kappa shape index (κ1) is 16.8. The Balaban J connectivity index is 0.00000157. The van der Waals surface area contributed by atoms with E-state index in [1.807, 2.05) is 36.0 Å². The Morgan fingerprint density at radius 1 is 1.16 bits per heavy atom. The number of aryl methyl sites for hydroxylation is 1. The van der Waals surface area contributed by atoms with Gasteiger partial charge in [0.25, 0.3) is 0 Å². The van der Waals surface area contributed by atoms with E-state index in [0.717, 1.165) is 42.7 Å². The fourth-order valence-electron chi connectivity index (χ4n) is 2.89. The third kappa shape index (κ3) is 2.71. The van der Waals surface area contributed by atoms with Crippen LogP contribution in [0.2, 0.25) is 5.02 Å². The zero-order valence-electron chi connectivity index (χ0n) is 13.0. The summed E-state index contributed by atoms with van der Waals surface area (Å²) < 4.78 is 3.96. The van der Waals surface area contributed by atoms with Crippen molar-refractivity contribution in [2.75, 3.05) is 0 Å². The molecule has 0 radical (unpaired) electrons. The number of fused-ring (bicyclic) bond motifs is 2. The van der Waals surface area contributed by atoms with Crippen LogP contribution in [0.3, 0.4) is 0 Å². The molecule has 0 aliphatic carbocycles. The summed E-state index contributed by atoms with van der Waals surface area (Å²) in [6.07, 6.45) is 4.08. The highest BCUT2D eigenvalue weighted by molar-refractivity contribution is 8.93. The van der Waals surface area contributed by atoms with Gasteiger partial charge in [0.1, 0.15) is 5.01 Å². The van der Waals surface area contributed by atoms with Gasteiger partial charge in [-0.3, -0.25) is 0 Å². The number of hydrogen-bond acceptors (Lipinski definition) is 4. The molecular weight excluding hydrogens is 440 g/mol. The van der Waals surface area contributed by atoms with E-state index in [4.69, 9.17) is 21.7 Å². The first-order valence-electron chi connectivity index (χ1n) is 7.33. The Kier molecular flexibility index (Phi) is 4.19. The lowest BCUT2D eigenvalue weighted by molar-refractivity contribution is 0.961. The smallest absolute Gasteiger partial charge is 0.213 e. The van der Waals surface area contributed by atoms with Gasteiger partial charge >= 0.3 is 0 Å². The predicted molar refractivity (Wildman–Crippen MR) is 111 cm³/mol. The van der Waals surface area contributed by atoms with Gasteiger partial charge in [0.2, 0.25) is 4.96 Å². The zero-order valence-corrected chi connectivity index (χ0v) is 17.1. The Labute approximate surface area is 167 Å². The summed E-state index contributed by atoms with van der Waals surface area (Å²) in [4.78, 5) is 5.59. The van der Waals surface area contributed by atoms with Crippen LogP contribution >= 0.6 is 51.3 Å². The minimum atomic E-state index is 0. The van der Waals surface area contributed by atoms with Gasteiger partial charge in [-0.25, -0.2) is 9.50 Å². The largest absolute Gasteiger partial charge is 0.350 e. The second-order valence-corrected chi connectivity index (χ2v) is 7.76. The number of aromatic nitrogens is 4. The van der Waals surface area contributed by atoms with E-state index in [9.17, 15) is 0 Å². The molecule has 4 heterocycles. The van der Waals surface area contributed by atoms with Crippen molar-refractivity contribution in [1.29, 1.82) is 0 Å². The lowest BCUT2D eigenvalue weighted by Crippen LogP contribution is -1.82. The molecule has 5 rings (SSSR count). The fraction of sp³-hybridized carbons (Fsp3) is 0.0588. The average molecular weight is 452 g/mol. The highest BCUT2D eigenvalue weighted by atomic mass is 79.9. The van der Waals surface area contributed by atoms with E-state index in [1.54, 1.807) is 22.7 Å². The van der Waals surface area contributed by atoms with E-state index >= 15 is 0 Å². The molecule has 0 saturated carbocycles. The molecule has 8 heteroatoms. The molecule has 4 nitrogen and oxygen atoms in total. The van der Waals surface area contributed by atoms with Crippen molar-refractivity contribution in [2.45, 2.75) is 0 Å². The monoisotopic (exact) mass is 450 g/mol. The summed E-state index contributed by atoms with van der Waals surface area (Å²) in [6, 6.07) is 8.02. The van der Waals surface area contributed by atoms with Gasteiger partial charge in [-0.15, -0.1) is 17.0 Å². The summed E-state index contributed by atoms with van der Waals surface area (Å²) >= 11 is 9.44. The zero-order chi connectivity index (χ0) is 16.3.